The molecule has 18 heavy (non-hydrogen) atoms. The van der Waals surface area contributed by atoms with Crippen molar-refractivity contribution in [1.82, 2.24) is 19.8 Å². The molecule has 1 fully saturated rings. The first kappa shape index (κ1) is 10.2. The Kier molecular flexibility index (Phi) is 2.05. The summed E-state index contributed by atoms with van der Waals surface area (Å²) in [7, 11) is 0. The first-order valence-corrected chi connectivity index (χ1v) is 6.77. The van der Waals surface area contributed by atoms with Crippen LogP contribution in [0.3, 0.4) is 0 Å². The smallest absolute Gasteiger partial charge is 0.236 e. The van der Waals surface area contributed by atoms with E-state index in [-0.39, 0.29) is 11.8 Å². The molecule has 4 rings (SSSR count). The molecular weight excluding hydrogens is 250 g/mol. The Hall–Kier alpha value is -1.76. The van der Waals surface area contributed by atoms with Crippen molar-refractivity contribution in [2.75, 3.05) is 5.32 Å². The molecule has 0 aliphatic heterocycles. The van der Waals surface area contributed by atoms with Gasteiger partial charge in [0, 0.05) is 5.92 Å². The molecule has 2 aromatic rings. The lowest BCUT2D eigenvalue weighted by molar-refractivity contribution is -0.120. The monoisotopic (exact) mass is 261 g/mol. The van der Waals surface area contributed by atoms with Crippen LogP contribution in [0.25, 0.3) is 4.96 Å². The third-order valence-corrected chi connectivity index (χ3v) is 4.56. The van der Waals surface area contributed by atoms with Crippen LogP contribution in [0.4, 0.5) is 5.13 Å². The van der Waals surface area contributed by atoms with Crippen LogP contribution in [-0.2, 0) is 4.79 Å². The predicted molar refractivity (Wildman–Crippen MR) is 66.1 cm³/mol. The van der Waals surface area contributed by atoms with Gasteiger partial charge >= 0.3 is 0 Å². The molecule has 2 aromatic heterocycles. The Morgan fingerprint density at radius 3 is 3.11 bits per heavy atom. The number of carbonyl (C=O) groups is 1. The van der Waals surface area contributed by atoms with E-state index in [0.29, 0.717) is 21.9 Å². The molecule has 2 heterocycles. The van der Waals surface area contributed by atoms with Gasteiger partial charge in [0.25, 0.3) is 0 Å². The number of allylic oxidation sites excluding steroid dienone is 2. The largest absolute Gasteiger partial charge is 0.300 e. The van der Waals surface area contributed by atoms with E-state index in [0.717, 1.165) is 12.8 Å². The summed E-state index contributed by atoms with van der Waals surface area (Å²) >= 11 is 1.34. The lowest BCUT2D eigenvalue weighted by Crippen LogP contribution is -2.25. The first-order chi connectivity index (χ1) is 8.79. The van der Waals surface area contributed by atoms with Gasteiger partial charge in [0.2, 0.25) is 16.0 Å². The van der Waals surface area contributed by atoms with Gasteiger partial charge in [-0.1, -0.05) is 23.5 Å². The van der Waals surface area contributed by atoms with Crippen molar-refractivity contribution in [1.29, 1.82) is 0 Å². The third-order valence-electron chi connectivity index (χ3n) is 3.73. The predicted octanol–water partition coefficient (Wildman–Crippen LogP) is 1.34. The van der Waals surface area contributed by atoms with Crippen LogP contribution in [0.15, 0.2) is 18.5 Å². The molecule has 0 radical (unpaired) electrons. The highest BCUT2D eigenvalue weighted by atomic mass is 32.1. The summed E-state index contributed by atoms with van der Waals surface area (Å²) in [5.41, 5.74) is 0. The average molecular weight is 261 g/mol. The van der Waals surface area contributed by atoms with E-state index in [9.17, 15) is 4.79 Å². The summed E-state index contributed by atoms with van der Waals surface area (Å²) in [6.45, 7) is 0. The molecule has 0 aromatic carbocycles. The Bertz CT molecular complexity index is 616. The minimum absolute atomic E-state index is 0.0804. The second-order valence-electron chi connectivity index (χ2n) is 4.84. The molecule has 3 unspecified atom stereocenters. The van der Waals surface area contributed by atoms with Crippen molar-refractivity contribution >= 4 is 27.3 Å². The fourth-order valence-electron chi connectivity index (χ4n) is 2.89. The molecule has 7 heteroatoms. The van der Waals surface area contributed by atoms with Crippen molar-refractivity contribution in [3.05, 3.63) is 18.5 Å². The number of amides is 1. The maximum atomic E-state index is 12.2. The van der Waals surface area contributed by atoms with Crippen LogP contribution in [0.1, 0.15) is 12.8 Å². The fourth-order valence-corrected chi connectivity index (χ4v) is 3.61. The van der Waals surface area contributed by atoms with Gasteiger partial charge in [-0.05, 0) is 24.7 Å². The molecule has 3 atom stereocenters. The number of hydrogen-bond acceptors (Lipinski definition) is 5. The van der Waals surface area contributed by atoms with Gasteiger partial charge in [0.15, 0.2) is 0 Å². The van der Waals surface area contributed by atoms with Crippen LogP contribution in [0, 0.1) is 17.8 Å². The molecule has 2 aliphatic carbocycles. The first-order valence-electron chi connectivity index (χ1n) is 5.95. The zero-order valence-electron chi connectivity index (χ0n) is 9.48. The maximum Gasteiger partial charge on any atom is 0.236 e. The lowest BCUT2D eigenvalue weighted by Gasteiger charge is -2.16. The Morgan fingerprint density at radius 2 is 2.39 bits per heavy atom. The molecule has 1 N–H and O–H groups in total. The molecule has 0 spiro atoms. The second kappa shape index (κ2) is 3.61. The van der Waals surface area contributed by atoms with Crippen molar-refractivity contribution in [3.8, 4) is 0 Å². The topological polar surface area (TPSA) is 72.2 Å². The quantitative estimate of drug-likeness (QED) is 0.828. The number of fused-ring (bicyclic) bond motifs is 3. The average Bonchev–Trinajstić information content (AvgIpc) is 3.07. The van der Waals surface area contributed by atoms with Crippen LogP contribution < -0.4 is 5.32 Å². The Labute approximate surface area is 107 Å². The highest BCUT2D eigenvalue weighted by Gasteiger charge is 2.39. The number of rotatable bonds is 2. The minimum atomic E-state index is 0.0804. The van der Waals surface area contributed by atoms with Crippen LogP contribution in [0.5, 0.6) is 0 Å². The zero-order chi connectivity index (χ0) is 12.1. The summed E-state index contributed by atoms with van der Waals surface area (Å²) < 4.78 is 1.57. The number of nitrogens with zero attached hydrogens (tertiary/aromatic N) is 4. The van der Waals surface area contributed by atoms with Gasteiger partial charge in [-0.2, -0.15) is 4.52 Å². The number of nitrogens with one attached hydrogen (secondary N) is 1. The number of anilines is 1. The highest BCUT2D eigenvalue weighted by Crippen LogP contribution is 2.43. The molecule has 1 amide bonds. The summed E-state index contributed by atoms with van der Waals surface area (Å²) in [6, 6.07) is 0. The van der Waals surface area contributed by atoms with E-state index < -0.39 is 0 Å². The van der Waals surface area contributed by atoms with E-state index >= 15 is 0 Å². The number of hydrogen-bond donors (Lipinski definition) is 1. The fraction of sp³-hybridized carbons (Fsp3) is 0.455. The van der Waals surface area contributed by atoms with Crippen LogP contribution in [-0.4, -0.2) is 25.7 Å². The Morgan fingerprint density at radius 1 is 1.44 bits per heavy atom. The molecule has 2 bridgehead atoms. The molecule has 92 valence electrons. The summed E-state index contributed by atoms with van der Waals surface area (Å²) in [4.78, 5) is 12.9. The van der Waals surface area contributed by atoms with E-state index in [1.54, 1.807) is 4.52 Å². The second-order valence-corrected chi connectivity index (χ2v) is 5.80. The van der Waals surface area contributed by atoms with E-state index in [2.05, 4.69) is 32.8 Å². The van der Waals surface area contributed by atoms with Gasteiger partial charge in [0.05, 0.1) is 0 Å². The molecular formula is C11H11N5OS. The van der Waals surface area contributed by atoms with Gasteiger partial charge in [-0.15, -0.1) is 15.3 Å². The number of aromatic nitrogens is 4. The van der Waals surface area contributed by atoms with E-state index in [4.69, 9.17) is 0 Å². The third kappa shape index (κ3) is 1.47. The van der Waals surface area contributed by atoms with Gasteiger partial charge < -0.3 is 5.32 Å². The standard InChI is InChI=1S/C11H11N5OS/c17-9(8-4-6-1-2-7(8)3-6)13-10-15-16-5-12-14-11(16)18-10/h1-2,5-8H,3-4H2,(H,13,15,17). The van der Waals surface area contributed by atoms with Crippen molar-refractivity contribution < 1.29 is 4.79 Å². The summed E-state index contributed by atoms with van der Waals surface area (Å²) in [6.07, 6.45) is 8.04. The van der Waals surface area contributed by atoms with Gasteiger partial charge in [-0.25, -0.2) is 0 Å². The Balaban J connectivity index is 1.53. The van der Waals surface area contributed by atoms with E-state index in [1.165, 1.54) is 17.7 Å². The molecule has 2 aliphatic rings. The minimum Gasteiger partial charge on any atom is -0.300 e. The van der Waals surface area contributed by atoms with Crippen molar-refractivity contribution in [3.63, 3.8) is 0 Å². The molecule has 1 saturated carbocycles. The maximum absolute atomic E-state index is 12.2. The molecule has 0 saturated heterocycles. The van der Waals surface area contributed by atoms with Crippen molar-refractivity contribution in [2.24, 2.45) is 17.8 Å². The zero-order valence-corrected chi connectivity index (χ0v) is 10.3. The molecule has 6 nitrogen and oxygen atoms in total. The van der Waals surface area contributed by atoms with E-state index in [1.807, 2.05) is 0 Å². The lowest BCUT2D eigenvalue weighted by atomic mass is 9.93. The van der Waals surface area contributed by atoms with Gasteiger partial charge in [-0.3, -0.25) is 4.79 Å². The SMILES string of the molecule is O=C(Nc1nn2cnnc2s1)C1CC2C=CC1C2. The van der Waals surface area contributed by atoms with Crippen molar-refractivity contribution in [2.45, 2.75) is 12.8 Å². The van der Waals surface area contributed by atoms with Crippen LogP contribution >= 0.6 is 11.3 Å². The number of carbonyl (C=O) groups excluding carboxylic acids is 1. The van der Waals surface area contributed by atoms with Gasteiger partial charge in [0.1, 0.15) is 6.33 Å². The summed E-state index contributed by atoms with van der Waals surface area (Å²) in [5.74, 6) is 1.20. The van der Waals surface area contributed by atoms with Crippen LogP contribution in [0.2, 0.25) is 0 Å². The highest BCUT2D eigenvalue weighted by molar-refractivity contribution is 7.20. The normalized spacial score (nSPS) is 29.2. The summed E-state index contributed by atoms with van der Waals surface area (Å²) in [5, 5.41) is 15.3.